The number of halogens is 1. The summed E-state index contributed by atoms with van der Waals surface area (Å²) in [5.74, 6) is 0. The molecule has 7 heteroatoms. The van der Waals surface area contributed by atoms with Crippen LogP contribution in [0.1, 0.15) is 29.2 Å². The number of aryl methyl sites for hydroxylation is 1. The van der Waals surface area contributed by atoms with Crippen molar-refractivity contribution in [3.63, 3.8) is 0 Å². The second-order valence-corrected chi connectivity index (χ2v) is 8.32. The van der Waals surface area contributed by atoms with Gasteiger partial charge >= 0.3 is 0 Å². The third-order valence-electron chi connectivity index (χ3n) is 4.11. The van der Waals surface area contributed by atoms with Crippen LogP contribution in [0, 0.1) is 17.2 Å². The van der Waals surface area contributed by atoms with Crippen molar-refractivity contribution in [1.29, 1.82) is 0 Å². The molecule has 0 N–H and O–H groups in total. The molecule has 0 unspecified atom stereocenters. The molecule has 1 aliphatic heterocycles. The average molecular weight is 382 g/mol. The number of nitrogens with zero attached hydrogens (tertiary/aromatic N) is 1. The van der Waals surface area contributed by atoms with Crippen molar-refractivity contribution in [3.8, 4) is 0 Å². The molecule has 1 aliphatic rings. The van der Waals surface area contributed by atoms with Gasteiger partial charge in [0.25, 0.3) is 0 Å². The number of thiophene rings is 1. The Morgan fingerprint density at radius 1 is 1.00 bits per heavy atom. The molecule has 134 valence electrons. The quantitative estimate of drug-likeness (QED) is 0.685. The van der Waals surface area contributed by atoms with Crippen molar-refractivity contribution in [2.75, 3.05) is 7.05 Å². The summed E-state index contributed by atoms with van der Waals surface area (Å²) in [7, 11) is -2.78. The highest BCUT2D eigenvalue weighted by Gasteiger charge is 2.42. The van der Waals surface area contributed by atoms with Gasteiger partial charge in [-0.05, 0) is 39.0 Å². The fourth-order valence-electron chi connectivity index (χ4n) is 3.01. The van der Waals surface area contributed by atoms with Gasteiger partial charge < -0.3 is 0 Å². The van der Waals surface area contributed by atoms with Crippen LogP contribution in [0.15, 0.2) is 42.5 Å². The molecule has 0 spiro atoms. The molecule has 0 atom stereocenters. The van der Waals surface area contributed by atoms with E-state index in [4.69, 9.17) is 18.6 Å². The topological polar surface area (TPSA) is 95.2 Å². The van der Waals surface area contributed by atoms with E-state index in [1.165, 1.54) is 26.7 Å². The largest absolute Gasteiger partial charge is 0.222 e. The monoisotopic (exact) mass is 381 g/mol. The summed E-state index contributed by atoms with van der Waals surface area (Å²) in [5, 5.41) is 0. The maximum atomic E-state index is 8.49. The van der Waals surface area contributed by atoms with Crippen LogP contribution in [-0.4, -0.2) is 17.3 Å². The number of fused-ring (bicyclic) bond motifs is 1. The summed E-state index contributed by atoms with van der Waals surface area (Å²) in [6.07, 6.45) is 4.50. The Morgan fingerprint density at radius 2 is 1.60 bits per heavy atom. The van der Waals surface area contributed by atoms with Gasteiger partial charge in [0.15, 0.2) is 5.71 Å². The Balaban J connectivity index is 0.000000399. The smallest absolute Gasteiger partial charge is 0.209 e. The van der Waals surface area contributed by atoms with Crippen LogP contribution in [0.5, 0.6) is 0 Å². The predicted molar refractivity (Wildman–Crippen MR) is 88.4 cm³/mol. The number of rotatable bonds is 2. The summed E-state index contributed by atoms with van der Waals surface area (Å²) in [6.45, 7) is 6.75. The minimum Gasteiger partial charge on any atom is -0.222 e. The van der Waals surface area contributed by atoms with Gasteiger partial charge in [0.1, 0.15) is 7.05 Å². The summed E-state index contributed by atoms with van der Waals surface area (Å²) in [5.41, 5.74) is 4.14. The molecule has 0 saturated heterocycles. The number of hydrogen-bond donors (Lipinski definition) is 0. The highest BCUT2D eigenvalue weighted by Crippen LogP contribution is 2.39. The fourth-order valence-corrected chi connectivity index (χ4v) is 3.79. The lowest BCUT2D eigenvalue weighted by Gasteiger charge is -2.17. The third kappa shape index (κ3) is 4.98. The van der Waals surface area contributed by atoms with Crippen molar-refractivity contribution >= 4 is 28.8 Å². The van der Waals surface area contributed by atoms with Crippen molar-refractivity contribution in [1.82, 2.24) is 0 Å². The van der Waals surface area contributed by atoms with Gasteiger partial charge in [-0.2, -0.15) is 4.58 Å². The van der Waals surface area contributed by atoms with Gasteiger partial charge in [0.2, 0.25) is 5.69 Å². The van der Waals surface area contributed by atoms with Crippen LogP contribution in [0.3, 0.4) is 0 Å². The molecule has 25 heavy (non-hydrogen) atoms. The molecule has 0 fully saturated rings. The first-order chi connectivity index (χ1) is 11.5. The lowest BCUT2D eigenvalue weighted by atomic mass is 9.81. The van der Waals surface area contributed by atoms with Gasteiger partial charge in [0, 0.05) is 27.5 Å². The maximum Gasteiger partial charge on any atom is 0.209 e. The minimum atomic E-state index is -4.94. The summed E-state index contributed by atoms with van der Waals surface area (Å²) >= 11 is 1.84. The Kier molecular flexibility index (Phi) is 5.83. The molecular weight excluding hydrogens is 362 g/mol. The molecule has 1 aromatic carbocycles. The van der Waals surface area contributed by atoms with Crippen LogP contribution >= 0.6 is 11.3 Å². The van der Waals surface area contributed by atoms with E-state index in [0.717, 1.165) is 0 Å². The first-order valence-corrected chi connectivity index (χ1v) is 9.62. The molecule has 2 aromatic rings. The van der Waals surface area contributed by atoms with Gasteiger partial charge in [0.05, 0.1) is 5.41 Å². The average Bonchev–Trinajstić information content (AvgIpc) is 2.98. The van der Waals surface area contributed by atoms with Crippen molar-refractivity contribution in [3.05, 3.63) is 57.8 Å². The standard InChI is InChI=1S/C18H20NS.ClHO4/c1-13-9-10-14(20-13)11-12-17-18(2,3)15-7-5-6-8-16(15)19(17)4;2-1(3,4)5/h5-12H,1-4H3;(H,2,3,4,5)/q+1;/p-1/b12-11+;. The Morgan fingerprint density at radius 3 is 2.12 bits per heavy atom. The summed E-state index contributed by atoms with van der Waals surface area (Å²) in [4.78, 5) is 2.67. The molecule has 5 nitrogen and oxygen atoms in total. The lowest BCUT2D eigenvalue weighted by molar-refractivity contribution is -2.00. The summed E-state index contributed by atoms with van der Waals surface area (Å²) in [6, 6.07) is 13.0. The number of hydrogen-bond acceptors (Lipinski definition) is 5. The zero-order chi connectivity index (χ0) is 18.8. The molecule has 3 rings (SSSR count). The van der Waals surface area contributed by atoms with Crippen molar-refractivity contribution in [2.24, 2.45) is 0 Å². The maximum absolute atomic E-state index is 8.49. The van der Waals surface area contributed by atoms with Crippen LogP contribution in [-0.2, 0) is 5.41 Å². The van der Waals surface area contributed by atoms with E-state index >= 15 is 0 Å². The first kappa shape index (κ1) is 19.8. The second kappa shape index (κ2) is 7.37. The highest BCUT2D eigenvalue weighted by molar-refractivity contribution is 7.12. The van der Waals surface area contributed by atoms with Crippen LogP contribution in [0.25, 0.3) is 6.08 Å². The van der Waals surface area contributed by atoms with Gasteiger partial charge in [-0.1, -0.05) is 18.2 Å². The Labute approximate surface area is 153 Å². The van der Waals surface area contributed by atoms with E-state index in [0.29, 0.717) is 0 Å². The van der Waals surface area contributed by atoms with Crippen LogP contribution in [0.2, 0.25) is 0 Å². The van der Waals surface area contributed by atoms with E-state index in [2.05, 4.69) is 80.9 Å². The molecule has 1 aromatic heterocycles. The van der Waals surface area contributed by atoms with E-state index in [1.54, 1.807) is 0 Å². The van der Waals surface area contributed by atoms with Crippen molar-refractivity contribution in [2.45, 2.75) is 26.2 Å². The summed E-state index contributed by atoms with van der Waals surface area (Å²) < 4.78 is 36.3. The molecule has 0 aliphatic carbocycles. The van der Waals surface area contributed by atoms with Gasteiger partial charge in [-0.3, -0.25) is 0 Å². The highest BCUT2D eigenvalue weighted by atomic mass is 35.7. The Hall–Kier alpha value is -1.54. The number of benzene rings is 1. The molecule has 0 radical (unpaired) electrons. The van der Waals surface area contributed by atoms with Gasteiger partial charge in [-0.15, -0.1) is 21.6 Å². The van der Waals surface area contributed by atoms with E-state index in [9.17, 15) is 0 Å². The SMILES string of the molecule is Cc1ccc(/C=C/C2=[N+](C)c3ccccc3C2(C)C)s1.[O-][Cl+3]([O-])([O-])[O-]. The van der Waals surface area contributed by atoms with Crippen molar-refractivity contribution < 1.29 is 33.5 Å². The molecule has 0 bridgehead atoms. The molecule has 0 amide bonds. The fraction of sp³-hybridized carbons (Fsp3) is 0.278. The number of allylic oxidation sites excluding steroid dienone is 1. The van der Waals surface area contributed by atoms with Gasteiger partial charge in [-0.25, -0.2) is 18.6 Å². The first-order valence-electron chi connectivity index (χ1n) is 7.57. The lowest BCUT2D eigenvalue weighted by Crippen LogP contribution is -2.68. The van der Waals surface area contributed by atoms with Crippen LogP contribution in [0.4, 0.5) is 5.69 Å². The van der Waals surface area contributed by atoms with E-state index < -0.39 is 10.2 Å². The Bertz CT molecular complexity index is 812. The zero-order valence-electron chi connectivity index (χ0n) is 14.5. The van der Waals surface area contributed by atoms with Crippen LogP contribution < -0.4 is 18.6 Å². The molecular formula is C18H20ClNO4S. The van der Waals surface area contributed by atoms with E-state index in [-0.39, 0.29) is 5.41 Å². The minimum absolute atomic E-state index is 0.0636. The zero-order valence-corrected chi connectivity index (χ0v) is 16.1. The molecule has 2 heterocycles. The third-order valence-corrected chi connectivity index (χ3v) is 5.07. The predicted octanol–water partition coefficient (Wildman–Crippen LogP) is 0.0199. The second-order valence-electron chi connectivity index (χ2n) is 6.25. The normalized spacial score (nSPS) is 16.0. The van der Waals surface area contributed by atoms with E-state index in [1.807, 2.05) is 11.3 Å². The molecule has 0 saturated carbocycles. The number of para-hydroxylation sites is 1.